The molecule has 2 amide bonds. The second-order valence-electron chi connectivity index (χ2n) is 5.95. The Balaban J connectivity index is 1.70. The summed E-state index contributed by atoms with van der Waals surface area (Å²) in [7, 11) is 0. The molecule has 3 rings (SSSR count). The zero-order valence-corrected chi connectivity index (χ0v) is 14.6. The normalized spacial score (nSPS) is 10.4. The van der Waals surface area contributed by atoms with Crippen LogP contribution in [0.1, 0.15) is 28.4 Å². The van der Waals surface area contributed by atoms with E-state index in [1.54, 1.807) is 35.3 Å². The largest absolute Gasteiger partial charge is 0.326 e. The van der Waals surface area contributed by atoms with E-state index < -0.39 is 0 Å². The van der Waals surface area contributed by atoms with Gasteiger partial charge in [-0.15, -0.1) is 0 Å². The van der Waals surface area contributed by atoms with E-state index in [1.165, 1.54) is 13.3 Å². The highest BCUT2D eigenvalue weighted by Crippen LogP contribution is 2.21. The maximum atomic E-state index is 12.5. The number of benzene rings is 2. The van der Waals surface area contributed by atoms with Gasteiger partial charge in [-0.3, -0.25) is 9.59 Å². The first-order valence-electron chi connectivity index (χ1n) is 8.12. The average Bonchev–Trinajstić information content (AvgIpc) is 3.11. The van der Waals surface area contributed by atoms with Crippen LogP contribution in [0.2, 0.25) is 0 Å². The molecule has 0 aliphatic heterocycles. The van der Waals surface area contributed by atoms with Crippen LogP contribution < -0.4 is 10.6 Å². The van der Waals surface area contributed by atoms with Crippen LogP contribution in [-0.4, -0.2) is 26.6 Å². The molecule has 1 aromatic heterocycles. The predicted molar refractivity (Wildman–Crippen MR) is 99.0 cm³/mol. The molecule has 0 aliphatic carbocycles. The minimum Gasteiger partial charge on any atom is -0.326 e. The van der Waals surface area contributed by atoms with E-state index in [2.05, 4.69) is 20.7 Å². The first-order valence-corrected chi connectivity index (χ1v) is 8.12. The third-order valence-corrected chi connectivity index (χ3v) is 3.83. The lowest BCUT2D eigenvalue weighted by atomic mass is 10.1. The number of hydrogen-bond donors (Lipinski definition) is 2. The summed E-state index contributed by atoms with van der Waals surface area (Å²) >= 11 is 0. The van der Waals surface area contributed by atoms with Crippen molar-refractivity contribution in [2.45, 2.75) is 20.4 Å². The van der Waals surface area contributed by atoms with Gasteiger partial charge in [0.05, 0.1) is 6.54 Å². The fraction of sp³-hybridized carbons (Fsp3) is 0.158. The van der Waals surface area contributed by atoms with E-state index in [0.717, 1.165) is 11.1 Å². The van der Waals surface area contributed by atoms with Gasteiger partial charge in [0, 0.05) is 23.9 Å². The van der Waals surface area contributed by atoms with Crippen LogP contribution in [0.25, 0.3) is 0 Å². The van der Waals surface area contributed by atoms with Crippen LogP contribution >= 0.6 is 0 Å². The quantitative estimate of drug-likeness (QED) is 0.741. The molecule has 0 unspecified atom stereocenters. The van der Waals surface area contributed by atoms with Crippen molar-refractivity contribution in [3.05, 3.63) is 71.8 Å². The van der Waals surface area contributed by atoms with Crippen LogP contribution in [0.5, 0.6) is 0 Å². The predicted octanol–water partition coefficient (Wildman–Crippen LogP) is 2.85. The molecule has 7 nitrogen and oxygen atoms in total. The standard InChI is InChI=1S/C19H19N5O2/c1-13-3-8-17(22-14(2)25)9-18(13)23-19(26)16-6-4-15(5-7-16)10-24-12-20-11-21-24/h3-9,11-12H,10H2,1-2H3,(H,22,25)(H,23,26). The van der Waals surface area contributed by atoms with E-state index in [-0.39, 0.29) is 11.8 Å². The lowest BCUT2D eigenvalue weighted by Gasteiger charge is -2.11. The van der Waals surface area contributed by atoms with Gasteiger partial charge < -0.3 is 10.6 Å². The first kappa shape index (κ1) is 17.3. The number of nitrogens with one attached hydrogen (secondary N) is 2. The summed E-state index contributed by atoms with van der Waals surface area (Å²) in [6.45, 7) is 3.94. The Labute approximate surface area is 151 Å². The van der Waals surface area contributed by atoms with Crippen molar-refractivity contribution in [3.63, 3.8) is 0 Å². The molecule has 0 saturated heterocycles. The Morgan fingerprint density at radius 2 is 1.85 bits per heavy atom. The van der Waals surface area contributed by atoms with E-state index >= 15 is 0 Å². The fourth-order valence-corrected chi connectivity index (χ4v) is 2.50. The monoisotopic (exact) mass is 349 g/mol. The van der Waals surface area contributed by atoms with Gasteiger partial charge in [-0.25, -0.2) is 9.67 Å². The summed E-state index contributed by atoms with van der Waals surface area (Å²) in [6, 6.07) is 12.7. The number of carbonyl (C=O) groups excluding carboxylic acids is 2. The number of hydrogen-bond acceptors (Lipinski definition) is 4. The molecule has 0 atom stereocenters. The number of aryl methyl sites for hydroxylation is 1. The van der Waals surface area contributed by atoms with E-state index in [0.29, 0.717) is 23.5 Å². The molecule has 0 fully saturated rings. The van der Waals surface area contributed by atoms with Crippen molar-refractivity contribution >= 4 is 23.2 Å². The van der Waals surface area contributed by atoms with Crippen LogP contribution in [-0.2, 0) is 11.3 Å². The van der Waals surface area contributed by atoms with Crippen LogP contribution in [0.3, 0.4) is 0 Å². The molecule has 0 bridgehead atoms. The number of anilines is 2. The smallest absolute Gasteiger partial charge is 0.255 e. The summed E-state index contributed by atoms with van der Waals surface area (Å²) in [6.07, 6.45) is 3.13. The summed E-state index contributed by atoms with van der Waals surface area (Å²) < 4.78 is 1.71. The zero-order valence-electron chi connectivity index (χ0n) is 14.6. The molecule has 2 N–H and O–H groups in total. The van der Waals surface area contributed by atoms with Crippen molar-refractivity contribution in [1.82, 2.24) is 14.8 Å². The van der Waals surface area contributed by atoms with Gasteiger partial charge in [0.1, 0.15) is 12.7 Å². The Hall–Kier alpha value is -3.48. The highest BCUT2D eigenvalue weighted by atomic mass is 16.2. The highest BCUT2D eigenvalue weighted by molar-refractivity contribution is 6.05. The maximum Gasteiger partial charge on any atom is 0.255 e. The molecular formula is C19H19N5O2. The summed E-state index contributed by atoms with van der Waals surface area (Å²) in [4.78, 5) is 27.6. The van der Waals surface area contributed by atoms with Crippen molar-refractivity contribution in [3.8, 4) is 0 Å². The molecular weight excluding hydrogens is 330 g/mol. The molecule has 0 saturated carbocycles. The van der Waals surface area contributed by atoms with Crippen LogP contribution in [0.15, 0.2) is 55.1 Å². The number of amides is 2. The second-order valence-corrected chi connectivity index (χ2v) is 5.95. The highest BCUT2D eigenvalue weighted by Gasteiger charge is 2.09. The topological polar surface area (TPSA) is 88.9 Å². The fourth-order valence-electron chi connectivity index (χ4n) is 2.50. The van der Waals surface area contributed by atoms with Gasteiger partial charge in [-0.2, -0.15) is 5.10 Å². The maximum absolute atomic E-state index is 12.5. The Morgan fingerprint density at radius 3 is 2.50 bits per heavy atom. The molecule has 132 valence electrons. The number of aromatic nitrogens is 3. The number of rotatable bonds is 5. The van der Waals surface area contributed by atoms with E-state index in [9.17, 15) is 9.59 Å². The lowest BCUT2D eigenvalue weighted by Crippen LogP contribution is -2.14. The third-order valence-electron chi connectivity index (χ3n) is 3.83. The summed E-state index contributed by atoms with van der Waals surface area (Å²) in [5.74, 6) is -0.366. The van der Waals surface area contributed by atoms with E-state index in [1.807, 2.05) is 25.1 Å². The van der Waals surface area contributed by atoms with Gasteiger partial charge in [-0.1, -0.05) is 18.2 Å². The second kappa shape index (κ2) is 7.60. The molecule has 26 heavy (non-hydrogen) atoms. The summed E-state index contributed by atoms with van der Waals surface area (Å²) in [5.41, 5.74) is 3.79. The number of nitrogens with zero attached hydrogens (tertiary/aromatic N) is 3. The molecule has 7 heteroatoms. The first-order chi connectivity index (χ1) is 12.5. The SMILES string of the molecule is CC(=O)Nc1ccc(C)c(NC(=O)c2ccc(Cn3cncn3)cc2)c1. The molecule has 1 heterocycles. The molecule has 0 spiro atoms. The van der Waals surface area contributed by atoms with Crippen molar-refractivity contribution in [1.29, 1.82) is 0 Å². The molecule has 0 radical (unpaired) electrons. The number of carbonyl (C=O) groups is 2. The minimum absolute atomic E-state index is 0.158. The average molecular weight is 349 g/mol. The third kappa shape index (κ3) is 4.32. The van der Waals surface area contributed by atoms with E-state index in [4.69, 9.17) is 0 Å². The summed E-state index contributed by atoms with van der Waals surface area (Å²) in [5, 5.41) is 9.66. The Kier molecular flexibility index (Phi) is 5.07. The van der Waals surface area contributed by atoms with Gasteiger partial charge in [0.2, 0.25) is 5.91 Å². The minimum atomic E-state index is -0.208. The van der Waals surface area contributed by atoms with Crippen LogP contribution in [0.4, 0.5) is 11.4 Å². The van der Waals surface area contributed by atoms with Crippen LogP contribution in [0, 0.1) is 6.92 Å². The van der Waals surface area contributed by atoms with Crippen molar-refractivity contribution in [2.24, 2.45) is 0 Å². The Morgan fingerprint density at radius 1 is 1.08 bits per heavy atom. The lowest BCUT2D eigenvalue weighted by molar-refractivity contribution is -0.114. The van der Waals surface area contributed by atoms with Gasteiger partial charge in [0.15, 0.2) is 0 Å². The van der Waals surface area contributed by atoms with Gasteiger partial charge >= 0.3 is 0 Å². The van der Waals surface area contributed by atoms with Crippen molar-refractivity contribution < 1.29 is 9.59 Å². The Bertz CT molecular complexity index is 918. The molecule has 3 aromatic rings. The molecule has 2 aromatic carbocycles. The van der Waals surface area contributed by atoms with Crippen molar-refractivity contribution in [2.75, 3.05) is 10.6 Å². The van der Waals surface area contributed by atoms with Gasteiger partial charge in [0.25, 0.3) is 5.91 Å². The zero-order chi connectivity index (χ0) is 18.5. The molecule has 0 aliphatic rings. The van der Waals surface area contributed by atoms with Gasteiger partial charge in [-0.05, 0) is 42.3 Å².